The molecule has 0 fully saturated rings. The zero-order valence-corrected chi connectivity index (χ0v) is 15.7. The molecular formula is C14H11F17O3. The average molecular weight is 550 g/mol. The summed E-state index contributed by atoms with van der Waals surface area (Å²) in [6.45, 7) is -2.68. The van der Waals surface area contributed by atoms with Crippen LogP contribution in [0.5, 0.6) is 0 Å². The highest BCUT2D eigenvalue weighted by atomic mass is 19.4. The second-order valence-corrected chi connectivity index (χ2v) is 6.45. The van der Waals surface area contributed by atoms with Gasteiger partial charge in [0.15, 0.2) is 0 Å². The van der Waals surface area contributed by atoms with Gasteiger partial charge in [0.25, 0.3) is 0 Å². The van der Waals surface area contributed by atoms with Crippen molar-refractivity contribution in [3.63, 3.8) is 0 Å². The summed E-state index contributed by atoms with van der Waals surface area (Å²) in [5.74, 6) is -58.4. The van der Waals surface area contributed by atoms with Crippen LogP contribution in [-0.2, 0) is 9.53 Å². The molecule has 0 radical (unpaired) electrons. The monoisotopic (exact) mass is 550 g/mol. The summed E-state index contributed by atoms with van der Waals surface area (Å²) in [6, 6.07) is 0. The number of carbonyl (C=O) groups is 1. The summed E-state index contributed by atoms with van der Waals surface area (Å²) < 4.78 is 225. The van der Waals surface area contributed by atoms with E-state index in [4.69, 9.17) is 5.11 Å². The molecule has 34 heavy (non-hydrogen) atoms. The Balaban J connectivity index is 6.18. The average Bonchev–Trinajstić information content (AvgIpc) is 2.64. The van der Waals surface area contributed by atoms with Crippen molar-refractivity contribution >= 4 is 5.97 Å². The lowest BCUT2D eigenvalue weighted by molar-refractivity contribution is -0.461. The quantitative estimate of drug-likeness (QED) is 0.251. The Kier molecular flexibility index (Phi) is 8.88. The molecule has 0 amide bonds. The van der Waals surface area contributed by atoms with Crippen molar-refractivity contribution in [2.75, 3.05) is 13.2 Å². The Labute approximate surface area is 176 Å². The number of alkyl halides is 17. The molecule has 0 aliphatic carbocycles. The molecule has 20 heteroatoms. The first kappa shape index (κ1) is 32.2. The van der Waals surface area contributed by atoms with Crippen LogP contribution >= 0.6 is 0 Å². The molecule has 3 nitrogen and oxygen atoms in total. The summed E-state index contributed by atoms with van der Waals surface area (Å²) in [5, 5.41) is 8.35. The van der Waals surface area contributed by atoms with Gasteiger partial charge in [-0.2, -0.15) is 74.6 Å². The molecule has 1 N–H and O–H groups in total. The van der Waals surface area contributed by atoms with Crippen LogP contribution in [0.4, 0.5) is 74.6 Å². The zero-order chi connectivity index (χ0) is 27.8. The fourth-order valence-electron chi connectivity index (χ4n) is 1.94. The zero-order valence-electron chi connectivity index (χ0n) is 15.7. The van der Waals surface area contributed by atoms with Gasteiger partial charge in [-0.1, -0.05) is 0 Å². The molecule has 0 rings (SSSR count). The number of halogens is 17. The number of hydrogen-bond acceptors (Lipinski definition) is 3. The van der Waals surface area contributed by atoms with Gasteiger partial charge in [0, 0.05) is 13.0 Å². The predicted octanol–water partition coefficient (Wildman–Crippen LogP) is 5.70. The molecule has 0 aliphatic heterocycles. The Morgan fingerprint density at radius 3 is 1.29 bits per heavy atom. The van der Waals surface area contributed by atoms with Crippen molar-refractivity contribution in [1.82, 2.24) is 0 Å². The van der Waals surface area contributed by atoms with E-state index < -0.39 is 79.7 Å². The minimum atomic E-state index is -8.68. The van der Waals surface area contributed by atoms with E-state index in [1.165, 1.54) is 0 Å². The third-order valence-electron chi connectivity index (χ3n) is 4.01. The van der Waals surface area contributed by atoms with E-state index in [1.807, 2.05) is 0 Å². The van der Waals surface area contributed by atoms with E-state index in [1.54, 1.807) is 0 Å². The Morgan fingerprint density at radius 1 is 0.588 bits per heavy atom. The molecule has 0 aromatic rings. The van der Waals surface area contributed by atoms with E-state index in [0.29, 0.717) is 0 Å². The van der Waals surface area contributed by atoms with Gasteiger partial charge in [0.2, 0.25) is 0 Å². The van der Waals surface area contributed by atoms with Crippen LogP contribution in [0, 0.1) is 0 Å². The van der Waals surface area contributed by atoms with Gasteiger partial charge in [0.1, 0.15) is 0 Å². The van der Waals surface area contributed by atoms with Gasteiger partial charge in [-0.05, 0) is 6.42 Å². The molecule has 0 saturated heterocycles. The molecule has 0 aromatic carbocycles. The maximum absolute atomic E-state index is 13.5. The molecule has 0 aromatic heterocycles. The molecule has 0 heterocycles. The number of ether oxygens (including phenoxy) is 1. The summed E-state index contributed by atoms with van der Waals surface area (Å²) in [5.41, 5.74) is 0. The van der Waals surface area contributed by atoms with Crippen molar-refractivity contribution in [2.24, 2.45) is 0 Å². The van der Waals surface area contributed by atoms with Gasteiger partial charge >= 0.3 is 53.6 Å². The number of carbonyl (C=O) groups excluding carboxylic acids is 1. The van der Waals surface area contributed by atoms with E-state index in [9.17, 15) is 79.4 Å². The van der Waals surface area contributed by atoms with Gasteiger partial charge in [-0.15, -0.1) is 0 Å². The predicted molar refractivity (Wildman–Crippen MR) is 72.6 cm³/mol. The second kappa shape index (κ2) is 9.36. The summed E-state index contributed by atoms with van der Waals surface area (Å²) in [7, 11) is 0. The van der Waals surface area contributed by atoms with Crippen molar-refractivity contribution in [2.45, 2.75) is 66.9 Å². The van der Waals surface area contributed by atoms with Gasteiger partial charge < -0.3 is 9.84 Å². The number of aliphatic hydroxyl groups excluding tert-OH is 1. The summed E-state index contributed by atoms with van der Waals surface area (Å²) in [4.78, 5) is 10.9. The first-order valence-electron chi connectivity index (χ1n) is 8.18. The molecule has 0 unspecified atom stereocenters. The number of hydrogen-bond donors (Lipinski definition) is 1. The standard InChI is InChI=1S/C14H11F17O3/c15-7(16,3-5-34-6(33)2-1-4-32)8(17,18)9(19,20)10(21,22)11(23,24)12(25,26)13(27,28)14(29,30)31/h32H,1-5H2. The maximum Gasteiger partial charge on any atom is 0.460 e. The minimum absolute atomic E-state index is 0.387. The SMILES string of the molecule is O=C(CCCO)OCCC(F)(F)C(F)(F)C(F)(F)C(F)(F)C(F)(F)C(F)(F)C(F)(F)C(F)(F)F. The molecule has 0 atom stereocenters. The topological polar surface area (TPSA) is 46.5 Å². The van der Waals surface area contributed by atoms with Crippen LogP contribution in [0.25, 0.3) is 0 Å². The van der Waals surface area contributed by atoms with Crippen molar-refractivity contribution in [3.8, 4) is 0 Å². The van der Waals surface area contributed by atoms with Crippen LogP contribution < -0.4 is 0 Å². The largest absolute Gasteiger partial charge is 0.465 e. The Morgan fingerprint density at radius 2 is 0.941 bits per heavy atom. The van der Waals surface area contributed by atoms with Crippen molar-refractivity contribution < 1.29 is 89.3 Å². The molecular weight excluding hydrogens is 539 g/mol. The van der Waals surface area contributed by atoms with Gasteiger partial charge in [-0.25, -0.2) is 0 Å². The van der Waals surface area contributed by atoms with E-state index in [-0.39, 0.29) is 6.42 Å². The second-order valence-electron chi connectivity index (χ2n) is 6.45. The smallest absolute Gasteiger partial charge is 0.460 e. The lowest BCUT2D eigenvalue weighted by Crippen LogP contribution is -2.74. The van der Waals surface area contributed by atoms with Crippen molar-refractivity contribution in [1.29, 1.82) is 0 Å². The third-order valence-corrected chi connectivity index (χ3v) is 4.01. The Bertz CT molecular complexity index is 713. The van der Waals surface area contributed by atoms with E-state index in [0.717, 1.165) is 0 Å². The lowest BCUT2D eigenvalue weighted by atomic mass is 9.88. The maximum atomic E-state index is 13.5. The van der Waals surface area contributed by atoms with Crippen LogP contribution in [0.1, 0.15) is 19.3 Å². The molecule has 204 valence electrons. The lowest BCUT2D eigenvalue weighted by Gasteiger charge is -2.42. The molecule has 0 saturated carbocycles. The minimum Gasteiger partial charge on any atom is -0.465 e. The summed E-state index contributed by atoms with van der Waals surface area (Å²) in [6.07, 6.45) is -11.8. The normalized spacial score (nSPS) is 15.5. The fraction of sp³-hybridized carbons (Fsp3) is 0.929. The third kappa shape index (κ3) is 4.95. The highest BCUT2D eigenvalue weighted by Gasteiger charge is 2.95. The van der Waals surface area contributed by atoms with Gasteiger partial charge in [-0.3, -0.25) is 4.79 Å². The molecule has 0 bridgehead atoms. The van der Waals surface area contributed by atoms with Crippen LogP contribution in [0.3, 0.4) is 0 Å². The fourth-order valence-corrected chi connectivity index (χ4v) is 1.94. The molecule has 0 aliphatic rings. The van der Waals surface area contributed by atoms with Crippen molar-refractivity contribution in [3.05, 3.63) is 0 Å². The number of rotatable bonds is 12. The number of aliphatic hydroxyl groups is 1. The van der Waals surface area contributed by atoms with E-state index >= 15 is 0 Å². The van der Waals surface area contributed by atoms with E-state index in [2.05, 4.69) is 4.74 Å². The summed E-state index contributed by atoms with van der Waals surface area (Å²) >= 11 is 0. The molecule has 0 spiro atoms. The van der Waals surface area contributed by atoms with Crippen LogP contribution in [0.15, 0.2) is 0 Å². The highest BCUT2D eigenvalue weighted by Crippen LogP contribution is 2.64. The first-order valence-corrected chi connectivity index (χ1v) is 8.18. The number of esters is 1. The first-order chi connectivity index (χ1) is 14.7. The van der Waals surface area contributed by atoms with Crippen LogP contribution in [0.2, 0.25) is 0 Å². The highest BCUT2D eigenvalue weighted by molar-refractivity contribution is 5.69. The van der Waals surface area contributed by atoms with Gasteiger partial charge in [0.05, 0.1) is 13.0 Å². The Hall–Kier alpha value is -1.76. The van der Waals surface area contributed by atoms with Crippen LogP contribution in [-0.4, -0.2) is 71.9 Å².